The van der Waals surface area contributed by atoms with Gasteiger partial charge in [-0.05, 0) is 39.7 Å². The van der Waals surface area contributed by atoms with Gasteiger partial charge in [0.2, 0.25) is 0 Å². The first-order valence-electron chi connectivity index (χ1n) is 5.10. The van der Waals surface area contributed by atoms with Gasteiger partial charge in [-0.2, -0.15) is 0 Å². The zero-order valence-electron chi connectivity index (χ0n) is 8.18. The molecule has 1 atom stereocenters. The molecule has 0 aromatic heterocycles. The van der Waals surface area contributed by atoms with E-state index >= 15 is 0 Å². The van der Waals surface area contributed by atoms with Gasteiger partial charge in [0, 0.05) is 12.1 Å². The Morgan fingerprint density at radius 3 is 2.67 bits per heavy atom. The van der Waals surface area contributed by atoms with Crippen molar-refractivity contribution < 1.29 is 4.74 Å². The first-order valence-corrected chi connectivity index (χ1v) is 5.10. The van der Waals surface area contributed by atoms with Crippen molar-refractivity contribution in [3.8, 4) is 0 Å². The lowest BCUT2D eigenvalue weighted by atomic mass is 9.86. The Hall–Kier alpha value is -0.0800. The molecule has 2 rings (SSSR count). The number of ether oxygens (including phenoxy) is 1. The van der Waals surface area contributed by atoms with Crippen LogP contribution in [-0.4, -0.2) is 36.2 Å². The average Bonchev–Trinajstić information content (AvgIpc) is 2.25. The summed E-state index contributed by atoms with van der Waals surface area (Å²) in [7, 11) is 0. The molecule has 0 spiro atoms. The molecule has 2 heterocycles. The first-order chi connectivity index (χ1) is 5.73. The Kier molecular flexibility index (Phi) is 2.13. The molecule has 0 N–H and O–H groups in total. The highest BCUT2D eigenvalue weighted by molar-refractivity contribution is 5.03. The fourth-order valence-electron chi connectivity index (χ4n) is 2.37. The molecule has 2 heteroatoms. The van der Waals surface area contributed by atoms with Crippen molar-refractivity contribution in [2.45, 2.75) is 44.8 Å². The van der Waals surface area contributed by atoms with Gasteiger partial charge < -0.3 is 4.74 Å². The maximum atomic E-state index is 5.71. The molecule has 1 unspecified atom stereocenters. The summed E-state index contributed by atoms with van der Waals surface area (Å²) >= 11 is 0. The van der Waals surface area contributed by atoms with Crippen molar-refractivity contribution in [2.24, 2.45) is 0 Å². The topological polar surface area (TPSA) is 12.5 Å². The van der Waals surface area contributed by atoms with Crippen molar-refractivity contribution >= 4 is 0 Å². The van der Waals surface area contributed by atoms with Gasteiger partial charge in [-0.3, -0.25) is 4.90 Å². The summed E-state index contributed by atoms with van der Waals surface area (Å²) in [5.41, 5.74) is 0.476. The van der Waals surface area contributed by atoms with Crippen LogP contribution in [0.2, 0.25) is 0 Å². The van der Waals surface area contributed by atoms with E-state index in [9.17, 15) is 0 Å². The summed E-state index contributed by atoms with van der Waals surface area (Å²) in [4.78, 5) is 2.59. The summed E-state index contributed by atoms with van der Waals surface area (Å²) in [6.07, 6.45) is 4.49. The standard InChI is InChI=1S/C10H19NO/c1-9(2)12-8-10-4-3-6-11(10)7-5-10/h9H,3-8H2,1-2H3. The van der Waals surface area contributed by atoms with Crippen LogP contribution in [0.25, 0.3) is 0 Å². The molecule has 2 aliphatic rings. The largest absolute Gasteiger partial charge is 0.377 e. The third-order valence-corrected chi connectivity index (χ3v) is 3.27. The highest BCUT2D eigenvalue weighted by atomic mass is 16.5. The molecule has 0 bridgehead atoms. The highest BCUT2D eigenvalue weighted by Crippen LogP contribution is 2.40. The normalized spacial score (nSPS) is 35.2. The lowest BCUT2D eigenvalue weighted by molar-refractivity contribution is -0.0647. The van der Waals surface area contributed by atoms with Crippen LogP contribution in [0.5, 0.6) is 0 Å². The van der Waals surface area contributed by atoms with Gasteiger partial charge in [-0.1, -0.05) is 0 Å². The Morgan fingerprint density at radius 1 is 1.33 bits per heavy atom. The van der Waals surface area contributed by atoms with Gasteiger partial charge in [-0.15, -0.1) is 0 Å². The van der Waals surface area contributed by atoms with Crippen LogP contribution in [0.1, 0.15) is 33.1 Å². The minimum atomic E-state index is 0.391. The van der Waals surface area contributed by atoms with E-state index in [0.29, 0.717) is 11.6 Å². The summed E-state index contributed by atoms with van der Waals surface area (Å²) in [5.74, 6) is 0. The fourth-order valence-corrected chi connectivity index (χ4v) is 2.37. The maximum absolute atomic E-state index is 5.71. The van der Waals surface area contributed by atoms with Crippen molar-refractivity contribution in [3.05, 3.63) is 0 Å². The molecule has 70 valence electrons. The molecule has 0 amide bonds. The Bertz CT molecular complexity index is 169. The van der Waals surface area contributed by atoms with Crippen molar-refractivity contribution in [1.82, 2.24) is 4.90 Å². The average molecular weight is 169 g/mol. The lowest BCUT2D eigenvalue weighted by Crippen LogP contribution is -2.58. The van der Waals surface area contributed by atoms with E-state index in [2.05, 4.69) is 18.7 Å². The minimum Gasteiger partial charge on any atom is -0.377 e. The predicted molar refractivity (Wildman–Crippen MR) is 49.2 cm³/mol. The van der Waals surface area contributed by atoms with Gasteiger partial charge in [0.05, 0.1) is 12.7 Å². The van der Waals surface area contributed by atoms with Crippen LogP contribution in [0.15, 0.2) is 0 Å². The van der Waals surface area contributed by atoms with Gasteiger partial charge >= 0.3 is 0 Å². The molecular formula is C10H19NO. The number of hydrogen-bond donors (Lipinski definition) is 0. The zero-order valence-corrected chi connectivity index (χ0v) is 8.18. The third-order valence-electron chi connectivity index (χ3n) is 3.27. The summed E-state index contributed by atoms with van der Waals surface area (Å²) in [6.45, 7) is 7.82. The molecule has 2 saturated heterocycles. The van der Waals surface area contributed by atoms with Crippen molar-refractivity contribution in [1.29, 1.82) is 0 Å². The van der Waals surface area contributed by atoms with Gasteiger partial charge in [-0.25, -0.2) is 0 Å². The van der Waals surface area contributed by atoms with Crippen LogP contribution in [0, 0.1) is 0 Å². The molecule has 0 radical (unpaired) electrons. The number of hydrogen-bond acceptors (Lipinski definition) is 2. The van der Waals surface area contributed by atoms with E-state index in [1.807, 2.05) is 0 Å². The third kappa shape index (κ3) is 1.27. The smallest absolute Gasteiger partial charge is 0.0654 e. The Morgan fingerprint density at radius 2 is 2.17 bits per heavy atom. The lowest BCUT2D eigenvalue weighted by Gasteiger charge is -2.48. The van der Waals surface area contributed by atoms with Crippen LogP contribution < -0.4 is 0 Å². The first kappa shape index (κ1) is 8.52. The van der Waals surface area contributed by atoms with E-state index < -0.39 is 0 Å². The van der Waals surface area contributed by atoms with Gasteiger partial charge in [0.25, 0.3) is 0 Å². The fraction of sp³-hybridized carbons (Fsp3) is 1.00. The van der Waals surface area contributed by atoms with Crippen LogP contribution in [0.3, 0.4) is 0 Å². The van der Waals surface area contributed by atoms with E-state index in [-0.39, 0.29) is 0 Å². The predicted octanol–water partition coefficient (Wildman–Crippen LogP) is 1.65. The minimum absolute atomic E-state index is 0.391. The maximum Gasteiger partial charge on any atom is 0.0654 e. The molecule has 0 saturated carbocycles. The van der Waals surface area contributed by atoms with Crippen LogP contribution in [-0.2, 0) is 4.74 Å². The molecule has 0 aromatic rings. The van der Waals surface area contributed by atoms with Crippen molar-refractivity contribution in [3.63, 3.8) is 0 Å². The van der Waals surface area contributed by atoms with E-state index in [0.717, 1.165) is 6.61 Å². The SMILES string of the molecule is CC(C)OCC12CCCN1CC2. The number of rotatable bonds is 3. The molecule has 12 heavy (non-hydrogen) atoms. The number of nitrogens with zero attached hydrogens (tertiary/aromatic N) is 1. The highest BCUT2D eigenvalue weighted by Gasteiger charge is 2.47. The monoisotopic (exact) mass is 169 g/mol. The summed E-state index contributed by atoms with van der Waals surface area (Å²) < 4.78 is 5.71. The van der Waals surface area contributed by atoms with Gasteiger partial charge in [0.15, 0.2) is 0 Å². The molecule has 0 aromatic carbocycles. The molecule has 0 aliphatic carbocycles. The van der Waals surface area contributed by atoms with Crippen LogP contribution >= 0.6 is 0 Å². The van der Waals surface area contributed by atoms with E-state index in [1.165, 1.54) is 32.4 Å². The van der Waals surface area contributed by atoms with E-state index in [4.69, 9.17) is 4.74 Å². The molecular weight excluding hydrogens is 150 g/mol. The Balaban J connectivity index is 1.85. The zero-order chi connectivity index (χ0) is 8.60. The van der Waals surface area contributed by atoms with Crippen LogP contribution in [0.4, 0.5) is 0 Å². The second-order valence-corrected chi connectivity index (χ2v) is 4.42. The van der Waals surface area contributed by atoms with Crippen molar-refractivity contribution in [2.75, 3.05) is 19.7 Å². The summed E-state index contributed by atoms with van der Waals surface area (Å²) in [6, 6.07) is 0. The summed E-state index contributed by atoms with van der Waals surface area (Å²) in [5, 5.41) is 0. The second kappa shape index (κ2) is 3.00. The second-order valence-electron chi connectivity index (χ2n) is 4.42. The quantitative estimate of drug-likeness (QED) is 0.637. The van der Waals surface area contributed by atoms with E-state index in [1.54, 1.807) is 0 Å². The molecule has 2 fully saturated rings. The molecule has 2 nitrogen and oxygen atoms in total. The Labute approximate surface area is 74.9 Å². The molecule has 2 aliphatic heterocycles. The van der Waals surface area contributed by atoms with Gasteiger partial charge in [0.1, 0.15) is 0 Å². The number of fused-ring (bicyclic) bond motifs is 1.